The molecule has 8 heteroatoms. The summed E-state index contributed by atoms with van der Waals surface area (Å²) in [6.07, 6.45) is 0. The molecule has 0 bridgehead atoms. The van der Waals surface area contributed by atoms with Crippen LogP contribution in [0.2, 0.25) is 0 Å². The van der Waals surface area contributed by atoms with Crippen LogP contribution >= 0.6 is 0 Å². The molecule has 3 N–H and O–H groups in total. The molecule has 1 rings (SSSR count). The fourth-order valence-electron chi connectivity index (χ4n) is 1.31. The number of hydrogen-bond donors (Lipinski definition) is 3. The van der Waals surface area contributed by atoms with E-state index in [4.69, 9.17) is 9.84 Å². The van der Waals surface area contributed by atoms with Gasteiger partial charge in [0.25, 0.3) is 0 Å². The summed E-state index contributed by atoms with van der Waals surface area (Å²) < 4.78 is 4.74. The molecule has 0 aromatic carbocycles. The van der Waals surface area contributed by atoms with Gasteiger partial charge in [-0.1, -0.05) is 0 Å². The molecule has 1 heterocycles. The van der Waals surface area contributed by atoms with Gasteiger partial charge in [-0.3, -0.25) is 4.79 Å². The number of nitrogens with zero attached hydrogens (tertiary/aromatic N) is 1. The van der Waals surface area contributed by atoms with Gasteiger partial charge in [-0.25, -0.2) is 9.59 Å². The molecule has 1 fully saturated rings. The minimum Gasteiger partial charge on any atom is -0.480 e. The highest BCUT2D eigenvalue weighted by atomic mass is 16.5. The molecule has 0 atom stereocenters. The molecule has 17 heavy (non-hydrogen) atoms. The lowest BCUT2D eigenvalue weighted by atomic mass is 10.4. The van der Waals surface area contributed by atoms with Crippen molar-refractivity contribution in [2.45, 2.75) is 0 Å². The highest BCUT2D eigenvalue weighted by molar-refractivity contribution is 5.85. The molecule has 0 aromatic rings. The quantitative estimate of drug-likeness (QED) is 0.497. The van der Waals surface area contributed by atoms with Crippen molar-refractivity contribution in [1.82, 2.24) is 15.5 Å². The van der Waals surface area contributed by atoms with E-state index in [2.05, 4.69) is 10.6 Å². The lowest BCUT2D eigenvalue weighted by Gasteiger charge is -2.26. The first-order valence-electron chi connectivity index (χ1n) is 5.18. The molecule has 0 saturated carbocycles. The molecular weight excluding hydrogens is 230 g/mol. The van der Waals surface area contributed by atoms with Crippen molar-refractivity contribution in [2.24, 2.45) is 0 Å². The van der Waals surface area contributed by atoms with Crippen molar-refractivity contribution < 1.29 is 24.2 Å². The Balaban J connectivity index is 2.12. The number of aliphatic carboxylic acids is 1. The zero-order valence-electron chi connectivity index (χ0n) is 9.27. The average Bonchev–Trinajstić information content (AvgIpc) is 2.28. The zero-order chi connectivity index (χ0) is 12.7. The number of carbonyl (C=O) groups excluding carboxylic acids is 2. The van der Waals surface area contributed by atoms with E-state index in [1.807, 2.05) is 0 Å². The van der Waals surface area contributed by atoms with Crippen LogP contribution < -0.4 is 10.6 Å². The Labute approximate surface area is 97.9 Å². The number of carboxylic acid groups (broad SMARTS) is 1. The average molecular weight is 245 g/mol. The van der Waals surface area contributed by atoms with Gasteiger partial charge in [-0.15, -0.1) is 0 Å². The SMILES string of the molecule is O=C(O)COCCNC(=O)N1CCNC(=O)C1. The van der Waals surface area contributed by atoms with Crippen molar-refractivity contribution in [3.63, 3.8) is 0 Å². The number of carboxylic acids is 1. The van der Waals surface area contributed by atoms with Crippen LogP contribution in [0, 0.1) is 0 Å². The van der Waals surface area contributed by atoms with Crippen LogP contribution in [0.3, 0.4) is 0 Å². The third kappa shape index (κ3) is 5.16. The van der Waals surface area contributed by atoms with E-state index in [0.717, 1.165) is 0 Å². The predicted molar refractivity (Wildman–Crippen MR) is 56.4 cm³/mol. The predicted octanol–water partition coefficient (Wildman–Crippen LogP) is -1.77. The van der Waals surface area contributed by atoms with Gasteiger partial charge in [-0.05, 0) is 0 Å². The van der Waals surface area contributed by atoms with Gasteiger partial charge in [0.05, 0.1) is 6.61 Å². The summed E-state index contributed by atoms with van der Waals surface area (Å²) >= 11 is 0. The Morgan fingerprint density at radius 1 is 1.53 bits per heavy atom. The number of ether oxygens (including phenoxy) is 1. The second kappa shape index (κ2) is 6.69. The lowest BCUT2D eigenvalue weighted by Crippen LogP contribution is -2.53. The minimum absolute atomic E-state index is 0.0435. The molecule has 0 aliphatic carbocycles. The van der Waals surface area contributed by atoms with Gasteiger partial charge in [0.15, 0.2) is 0 Å². The summed E-state index contributed by atoms with van der Waals surface area (Å²) in [5, 5.41) is 13.4. The third-order valence-corrected chi connectivity index (χ3v) is 2.07. The summed E-state index contributed by atoms with van der Waals surface area (Å²) in [5.74, 6) is -1.24. The first-order chi connectivity index (χ1) is 8.09. The van der Waals surface area contributed by atoms with Crippen LogP contribution in [0.25, 0.3) is 0 Å². The number of rotatable bonds is 5. The Morgan fingerprint density at radius 2 is 2.29 bits per heavy atom. The topological polar surface area (TPSA) is 108 Å². The number of amides is 3. The molecule has 1 aliphatic heterocycles. The number of hydrogen-bond acceptors (Lipinski definition) is 4. The first-order valence-corrected chi connectivity index (χ1v) is 5.18. The fraction of sp³-hybridized carbons (Fsp3) is 0.667. The summed E-state index contributed by atoms with van der Waals surface area (Å²) in [4.78, 5) is 34.0. The van der Waals surface area contributed by atoms with E-state index in [1.54, 1.807) is 0 Å². The number of nitrogens with one attached hydrogen (secondary N) is 2. The minimum atomic E-state index is -1.05. The van der Waals surface area contributed by atoms with Gasteiger partial charge >= 0.3 is 12.0 Å². The van der Waals surface area contributed by atoms with Crippen LogP contribution in [-0.4, -0.2) is 67.3 Å². The van der Waals surface area contributed by atoms with Crippen molar-refractivity contribution in [1.29, 1.82) is 0 Å². The molecule has 0 spiro atoms. The van der Waals surface area contributed by atoms with Crippen LogP contribution in [-0.2, 0) is 14.3 Å². The van der Waals surface area contributed by atoms with E-state index in [1.165, 1.54) is 4.90 Å². The van der Waals surface area contributed by atoms with E-state index >= 15 is 0 Å². The molecule has 1 aliphatic rings. The van der Waals surface area contributed by atoms with Crippen LogP contribution in [0.5, 0.6) is 0 Å². The van der Waals surface area contributed by atoms with Crippen molar-refractivity contribution in [2.75, 3.05) is 39.4 Å². The van der Waals surface area contributed by atoms with Crippen molar-refractivity contribution >= 4 is 17.9 Å². The van der Waals surface area contributed by atoms with Gasteiger partial charge in [-0.2, -0.15) is 0 Å². The molecule has 1 saturated heterocycles. The smallest absolute Gasteiger partial charge is 0.329 e. The molecule has 8 nitrogen and oxygen atoms in total. The van der Waals surface area contributed by atoms with E-state index in [0.29, 0.717) is 13.1 Å². The number of urea groups is 1. The molecule has 0 radical (unpaired) electrons. The molecule has 0 aromatic heterocycles. The maximum Gasteiger partial charge on any atom is 0.329 e. The molecule has 3 amide bonds. The molecule has 0 unspecified atom stereocenters. The molecule has 96 valence electrons. The van der Waals surface area contributed by atoms with Crippen LogP contribution in [0.15, 0.2) is 0 Å². The second-order valence-electron chi connectivity index (χ2n) is 3.45. The van der Waals surface area contributed by atoms with Crippen molar-refractivity contribution in [3.8, 4) is 0 Å². The Bertz CT molecular complexity index is 307. The lowest BCUT2D eigenvalue weighted by molar-refractivity contribution is -0.142. The van der Waals surface area contributed by atoms with Crippen molar-refractivity contribution in [3.05, 3.63) is 0 Å². The van der Waals surface area contributed by atoms with Crippen LogP contribution in [0.1, 0.15) is 0 Å². The van der Waals surface area contributed by atoms with Gasteiger partial charge in [0, 0.05) is 19.6 Å². The largest absolute Gasteiger partial charge is 0.480 e. The Kier molecular flexibility index (Phi) is 5.21. The highest BCUT2D eigenvalue weighted by Crippen LogP contribution is 1.93. The zero-order valence-corrected chi connectivity index (χ0v) is 9.27. The molecular formula is C9H15N3O5. The summed E-state index contributed by atoms with van der Waals surface area (Å²) in [6.45, 7) is 0.904. The van der Waals surface area contributed by atoms with E-state index in [-0.39, 0.29) is 38.2 Å². The Hall–Kier alpha value is -1.83. The monoisotopic (exact) mass is 245 g/mol. The standard InChI is InChI=1S/C9H15N3O5/c13-7-5-12(3-1-10-7)9(16)11-2-4-17-6-8(14)15/h1-6H2,(H,10,13)(H,11,16)(H,14,15). The van der Waals surface area contributed by atoms with Gasteiger partial charge in [0.1, 0.15) is 13.2 Å². The summed E-state index contributed by atoms with van der Waals surface area (Å²) in [6, 6.07) is -0.348. The van der Waals surface area contributed by atoms with Crippen LogP contribution in [0.4, 0.5) is 4.79 Å². The number of carbonyl (C=O) groups is 3. The van der Waals surface area contributed by atoms with E-state index in [9.17, 15) is 14.4 Å². The maximum atomic E-state index is 11.5. The summed E-state index contributed by atoms with van der Waals surface area (Å²) in [7, 11) is 0. The van der Waals surface area contributed by atoms with Gasteiger partial charge < -0.3 is 25.4 Å². The van der Waals surface area contributed by atoms with Gasteiger partial charge in [0.2, 0.25) is 5.91 Å². The number of piperazine rings is 1. The second-order valence-corrected chi connectivity index (χ2v) is 3.45. The normalized spacial score (nSPS) is 15.3. The maximum absolute atomic E-state index is 11.5. The first kappa shape index (κ1) is 13.2. The fourth-order valence-corrected chi connectivity index (χ4v) is 1.31. The highest BCUT2D eigenvalue weighted by Gasteiger charge is 2.20. The Morgan fingerprint density at radius 3 is 2.94 bits per heavy atom. The van der Waals surface area contributed by atoms with E-state index < -0.39 is 5.97 Å². The third-order valence-electron chi connectivity index (χ3n) is 2.07. The summed E-state index contributed by atoms with van der Waals surface area (Å²) in [5.41, 5.74) is 0.